The largest absolute Gasteiger partial charge is 0.356 e. The van der Waals surface area contributed by atoms with E-state index in [9.17, 15) is 9.59 Å². The predicted octanol–water partition coefficient (Wildman–Crippen LogP) is 1.09. The Bertz CT molecular complexity index is 365. The fourth-order valence-electron chi connectivity index (χ4n) is 3.23. The molecule has 0 radical (unpaired) electrons. The molecule has 2 aliphatic rings. The molecule has 0 bridgehead atoms. The fourth-order valence-corrected chi connectivity index (χ4v) is 3.23. The van der Waals surface area contributed by atoms with Gasteiger partial charge in [-0.3, -0.25) is 9.59 Å². The number of hydrogen-bond acceptors (Lipinski definition) is 3. The number of rotatable bonds is 7. The van der Waals surface area contributed by atoms with Gasteiger partial charge in [0.05, 0.1) is 5.92 Å². The van der Waals surface area contributed by atoms with Crippen LogP contribution in [0.5, 0.6) is 0 Å². The van der Waals surface area contributed by atoms with Crippen LogP contribution in [0.3, 0.4) is 0 Å². The van der Waals surface area contributed by atoms with Crippen molar-refractivity contribution in [3.05, 3.63) is 0 Å². The average Bonchev–Trinajstić information content (AvgIpc) is 3.05. The Balaban J connectivity index is 1.63. The molecule has 2 amide bonds. The first kappa shape index (κ1) is 16.3. The number of carbonyl (C=O) groups excluding carboxylic acids is 2. The maximum absolute atomic E-state index is 12.1. The van der Waals surface area contributed by atoms with Crippen molar-refractivity contribution in [3.63, 3.8) is 0 Å². The standard InChI is InChI=1S/C16H29N3O2/c1-13(2)11-19-12-14(10-15(19)20)16(21)17-6-5-9-18-7-3-4-8-18/h13-14H,3-12H2,1-2H3,(H,17,21). The first-order valence-corrected chi connectivity index (χ1v) is 8.34. The SMILES string of the molecule is CC(C)CN1CC(C(=O)NCCCN2CCCC2)CC1=O. The zero-order valence-corrected chi connectivity index (χ0v) is 13.4. The van der Waals surface area contributed by atoms with Crippen LogP contribution in [0.15, 0.2) is 0 Å². The lowest BCUT2D eigenvalue weighted by Crippen LogP contribution is -2.35. The lowest BCUT2D eigenvalue weighted by atomic mass is 10.1. The van der Waals surface area contributed by atoms with Crippen LogP contribution in [0.4, 0.5) is 0 Å². The van der Waals surface area contributed by atoms with E-state index in [0.717, 1.165) is 26.1 Å². The van der Waals surface area contributed by atoms with Crippen LogP contribution in [0.2, 0.25) is 0 Å². The van der Waals surface area contributed by atoms with Crippen molar-refractivity contribution >= 4 is 11.8 Å². The molecule has 0 saturated carbocycles. The summed E-state index contributed by atoms with van der Waals surface area (Å²) in [4.78, 5) is 28.3. The lowest BCUT2D eigenvalue weighted by molar-refractivity contribution is -0.129. The van der Waals surface area contributed by atoms with Crippen LogP contribution >= 0.6 is 0 Å². The van der Waals surface area contributed by atoms with Gasteiger partial charge in [0.25, 0.3) is 0 Å². The minimum Gasteiger partial charge on any atom is -0.356 e. The molecule has 0 spiro atoms. The van der Waals surface area contributed by atoms with Crippen molar-refractivity contribution in [1.82, 2.24) is 15.1 Å². The third-order valence-electron chi connectivity index (χ3n) is 4.32. The minimum atomic E-state index is -0.150. The number of likely N-dealkylation sites (tertiary alicyclic amines) is 2. The van der Waals surface area contributed by atoms with Crippen molar-refractivity contribution in [2.24, 2.45) is 11.8 Å². The molecule has 5 nitrogen and oxygen atoms in total. The van der Waals surface area contributed by atoms with Crippen molar-refractivity contribution in [2.75, 3.05) is 39.3 Å². The van der Waals surface area contributed by atoms with Crippen molar-refractivity contribution in [3.8, 4) is 0 Å². The maximum atomic E-state index is 12.1. The van der Waals surface area contributed by atoms with Crippen LogP contribution < -0.4 is 5.32 Å². The second-order valence-corrected chi connectivity index (χ2v) is 6.79. The van der Waals surface area contributed by atoms with E-state index in [4.69, 9.17) is 0 Å². The molecule has 2 aliphatic heterocycles. The molecule has 1 N–H and O–H groups in total. The summed E-state index contributed by atoms with van der Waals surface area (Å²) in [5.74, 6) is 0.483. The van der Waals surface area contributed by atoms with E-state index >= 15 is 0 Å². The van der Waals surface area contributed by atoms with Gasteiger partial charge >= 0.3 is 0 Å². The highest BCUT2D eigenvalue weighted by Crippen LogP contribution is 2.19. The monoisotopic (exact) mass is 295 g/mol. The molecule has 1 atom stereocenters. The van der Waals surface area contributed by atoms with E-state index in [1.807, 2.05) is 4.90 Å². The van der Waals surface area contributed by atoms with Crippen molar-refractivity contribution < 1.29 is 9.59 Å². The maximum Gasteiger partial charge on any atom is 0.225 e. The highest BCUT2D eigenvalue weighted by atomic mass is 16.2. The summed E-state index contributed by atoms with van der Waals surface area (Å²) in [5, 5.41) is 3.00. The van der Waals surface area contributed by atoms with Crippen LogP contribution in [0.25, 0.3) is 0 Å². The molecule has 2 saturated heterocycles. The Hall–Kier alpha value is -1.10. The van der Waals surface area contributed by atoms with Gasteiger partial charge < -0.3 is 15.1 Å². The third-order valence-corrected chi connectivity index (χ3v) is 4.32. The Morgan fingerprint density at radius 3 is 2.71 bits per heavy atom. The second kappa shape index (κ2) is 7.78. The molecule has 2 rings (SSSR count). The summed E-state index contributed by atoms with van der Waals surface area (Å²) in [6.45, 7) is 9.75. The van der Waals surface area contributed by atoms with Crippen LogP contribution in [-0.2, 0) is 9.59 Å². The minimum absolute atomic E-state index is 0.0519. The smallest absolute Gasteiger partial charge is 0.225 e. The summed E-state index contributed by atoms with van der Waals surface area (Å²) in [6, 6.07) is 0. The van der Waals surface area contributed by atoms with Gasteiger partial charge in [-0.15, -0.1) is 0 Å². The van der Waals surface area contributed by atoms with E-state index in [1.165, 1.54) is 25.9 Å². The predicted molar refractivity (Wildman–Crippen MR) is 82.8 cm³/mol. The average molecular weight is 295 g/mol. The molecule has 0 aromatic heterocycles. The quantitative estimate of drug-likeness (QED) is 0.716. The summed E-state index contributed by atoms with van der Waals surface area (Å²) in [7, 11) is 0. The Labute approximate surface area is 128 Å². The summed E-state index contributed by atoms with van der Waals surface area (Å²) < 4.78 is 0. The highest BCUT2D eigenvalue weighted by Gasteiger charge is 2.34. The zero-order valence-electron chi connectivity index (χ0n) is 13.4. The zero-order chi connectivity index (χ0) is 15.2. The Morgan fingerprint density at radius 2 is 2.05 bits per heavy atom. The topological polar surface area (TPSA) is 52.7 Å². The van der Waals surface area contributed by atoms with E-state index < -0.39 is 0 Å². The molecule has 21 heavy (non-hydrogen) atoms. The van der Waals surface area contributed by atoms with Crippen LogP contribution in [0, 0.1) is 11.8 Å². The van der Waals surface area contributed by atoms with Crippen molar-refractivity contribution in [2.45, 2.75) is 39.5 Å². The normalized spacial score (nSPS) is 23.3. The number of carbonyl (C=O) groups is 2. The Morgan fingerprint density at radius 1 is 1.33 bits per heavy atom. The second-order valence-electron chi connectivity index (χ2n) is 6.79. The fraction of sp³-hybridized carbons (Fsp3) is 0.875. The van der Waals surface area contributed by atoms with Gasteiger partial charge in [-0.05, 0) is 44.8 Å². The third kappa shape index (κ3) is 4.99. The molecule has 2 fully saturated rings. The molecule has 120 valence electrons. The summed E-state index contributed by atoms with van der Waals surface area (Å²) >= 11 is 0. The van der Waals surface area contributed by atoms with Gasteiger partial charge in [0.15, 0.2) is 0 Å². The number of hydrogen-bond donors (Lipinski definition) is 1. The molecular weight excluding hydrogens is 266 g/mol. The Kier molecular flexibility index (Phi) is 6.03. The van der Waals surface area contributed by atoms with Gasteiger partial charge in [-0.25, -0.2) is 0 Å². The van der Waals surface area contributed by atoms with Crippen LogP contribution in [0.1, 0.15) is 39.5 Å². The van der Waals surface area contributed by atoms with Gasteiger partial charge in [-0.1, -0.05) is 13.8 Å². The molecule has 0 aliphatic carbocycles. The van der Waals surface area contributed by atoms with Gasteiger partial charge in [0.2, 0.25) is 11.8 Å². The molecule has 2 heterocycles. The highest BCUT2D eigenvalue weighted by molar-refractivity contribution is 5.89. The summed E-state index contributed by atoms with van der Waals surface area (Å²) in [5.41, 5.74) is 0. The molecule has 1 unspecified atom stereocenters. The number of amides is 2. The lowest BCUT2D eigenvalue weighted by Gasteiger charge is -2.19. The number of nitrogens with zero attached hydrogens (tertiary/aromatic N) is 2. The summed E-state index contributed by atoms with van der Waals surface area (Å²) in [6.07, 6.45) is 4.00. The first-order chi connectivity index (χ1) is 10.1. The molecule has 0 aromatic rings. The van der Waals surface area contributed by atoms with Gasteiger partial charge in [0, 0.05) is 26.1 Å². The van der Waals surface area contributed by atoms with E-state index in [1.54, 1.807) is 0 Å². The van der Waals surface area contributed by atoms with Gasteiger partial charge in [0.1, 0.15) is 0 Å². The molecule has 5 heteroatoms. The van der Waals surface area contributed by atoms with Gasteiger partial charge in [-0.2, -0.15) is 0 Å². The van der Waals surface area contributed by atoms with E-state index in [0.29, 0.717) is 18.9 Å². The first-order valence-electron chi connectivity index (χ1n) is 8.34. The van der Waals surface area contributed by atoms with Crippen molar-refractivity contribution in [1.29, 1.82) is 0 Å². The van der Waals surface area contributed by atoms with E-state index in [2.05, 4.69) is 24.1 Å². The van der Waals surface area contributed by atoms with E-state index in [-0.39, 0.29) is 17.7 Å². The molecule has 0 aromatic carbocycles. The number of nitrogens with one attached hydrogen (secondary N) is 1. The van der Waals surface area contributed by atoms with Crippen LogP contribution in [-0.4, -0.2) is 60.9 Å². The molecular formula is C16H29N3O2.